The summed E-state index contributed by atoms with van der Waals surface area (Å²) in [5.41, 5.74) is 3.29. The highest BCUT2D eigenvalue weighted by Crippen LogP contribution is 2.38. The van der Waals surface area contributed by atoms with Crippen molar-refractivity contribution in [1.29, 1.82) is 0 Å². The van der Waals surface area contributed by atoms with Gasteiger partial charge in [-0.15, -0.1) is 0 Å². The van der Waals surface area contributed by atoms with Gasteiger partial charge in [-0.3, -0.25) is 9.59 Å². The number of benzene rings is 5. The molecule has 1 aliphatic heterocycles. The van der Waals surface area contributed by atoms with Gasteiger partial charge < -0.3 is 28.1 Å². The minimum Gasteiger partial charge on any atom is -0.489 e. The fourth-order valence-corrected chi connectivity index (χ4v) is 5.46. The third kappa shape index (κ3) is 7.61. The highest BCUT2D eigenvalue weighted by molar-refractivity contribution is 5.94. The number of carbonyl (C=O) groups excluding carboxylic acids is 1. The predicted molar refractivity (Wildman–Crippen MR) is 189 cm³/mol. The average molecular weight is 667 g/mol. The minimum absolute atomic E-state index is 0.0887. The number of hydrogen-bond donors (Lipinski definition) is 0. The van der Waals surface area contributed by atoms with Crippen LogP contribution in [-0.2, 0) is 29.4 Å². The maximum Gasteiger partial charge on any atom is 0.239 e. The molecule has 1 aromatic heterocycles. The normalized spacial score (nSPS) is 15.5. The van der Waals surface area contributed by atoms with Gasteiger partial charge in [0.15, 0.2) is 11.5 Å². The van der Waals surface area contributed by atoms with Crippen molar-refractivity contribution in [1.82, 2.24) is 0 Å². The van der Waals surface area contributed by atoms with Crippen LogP contribution in [0.25, 0.3) is 22.3 Å². The van der Waals surface area contributed by atoms with Crippen LogP contribution in [0.15, 0.2) is 149 Å². The molecule has 0 aliphatic carbocycles. The Morgan fingerprint density at radius 3 is 1.78 bits per heavy atom. The summed E-state index contributed by atoms with van der Waals surface area (Å²) in [4.78, 5) is 26.6. The average Bonchev–Trinajstić information content (AvgIpc) is 3.16. The van der Waals surface area contributed by atoms with Crippen molar-refractivity contribution in [2.24, 2.45) is 0 Å². The van der Waals surface area contributed by atoms with E-state index in [-0.39, 0.29) is 40.6 Å². The van der Waals surface area contributed by atoms with Crippen LogP contribution in [0.2, 0.25) is 0 Å². The zero-order chi connectivity index (χ0) is 34.3. The second kappa shape index (κ2) is 15.0. The Hall–Kier alpha value is -6.12. The van der Waals surface area contributed by atoms with Crippen LogP contribution in [0.4, 0.5) is 0 Å². The SMILES string of the molecule is CC1O[C@@H](Oc2c(-c3ccc(OCc4ccccc4)cc3)oc3cc(OCc4ccccc4)cc(OCc4ccccc4)c3c2=O)C=CC1=O. The Kier molecular flexibility index (Phi) is 9.71. The fourth-order valence-electron chi connectivity index (χ4n) is 5.46. The lowest BCUT2D eigenvalue weighted by Gasteiger charge is -2.24. The third-order valence-corrected chi connectivity index (χ3v) is 8.13. The number of hydrogen-bond acceptors (Lipinski definition) is 8. The predicted octanol–water partition coefficient (Wildman–Crippen LogP) is 8.45. The summed E-state index contributed by atoms with van der Waals surface area (Å²) in [5.74, 6) is 1.27. The molecule has 0 amide bonds. The van der Waals surface area contributed by atoms with Crippen molar-refractivity contribution >= 4 is 16.8 Å². The van der Waals surface area contributed by atoms with E-state index in [9.17, 15) is 9.59 Å². The van der Waals surface area contributed by atoms with Crippen LogP contribution in [0.5, 0.6) is 23.0 Å². The van der Waals surface area contributed by atoms with E-state index in [1.54, 1.807) is 43.3 Å². The van der Waals surface area contributed by atoms with Crippen molar-refractivity contribution < 1.29 is 32.9 Å². The van der Waals surface area contributed by atoms with Crippen LogP contribution in [0.3, 0.4) is 0 Å². The Morgan fingerprint density at radius 1 is 0.640 bits per heavy atom. The van der Waals surface area contributed by atoms with Gasteiger partial charge in [-0.2, -0.15) is 0 Å². The van der Waals surface area contributed by atoms with Gasteiger partial charge in [0.25, 0.3) is 0 Å². The molecular formula is C42H34O8. The van der Waals surface area contributed by atoms with E-state index in [0.29, 0.717) is 30.3 Å². The van der Waals surface area contributed by atoms with E-state index in [4.69, 9.17) is 28.1 Å². The van der Waals surface area contributed by atoms with Gasteiger partial charge in [0.05, 0.1) is 0 Å². The molecule has 6 aromatic rings. The lowest BCUT2D eigenvalue weighted by Crippen LogP contribution is -2.33. The minimum atomic E-state index is -1.00. The van der Waals surface area contributed by atoms with E-state index in [2.05, 4.69) is 0 Å². The molecule has 1 unspecified atom stereocenters. The summed E-state index contributed by atoms with van der Waals surface area (Å²) in [7, 11) is 0. The molecule has 250 valence electrons. The molecule has 1 aliphatic rings. The lowest BCUT2D eigenvalue weighted by molar-refractivity contribution is -0.140. The van der Waals surface area contributed by atoms with Crippen molar-refractivity contribution in [2.75, 3.05) is 0 Å². The molecule has 5 aromatic carbocycles. The molecule has 50 heavy (non-hydrogen) atoms. The van der Waals surface area contributed by atoms with Crippen LogP contribution >= 0.6 is 0 Å². The second-order valence-electron chi connectivity index (χ2n) is 11.8. The number of rotatable bonds is 12. The Morgan fingerprint density at radius 2 is 1.20 bits per heavy atom. The van der Waals surface area contributed by atoms with Gasteiger partial charge >= 0.3 is 0 Å². The number of ether oxygens (including phenoxy) is 5. The molecule has 7 rings (SSSR count). The van der Waals surface area contributed by atoms with Gasteiger partial charge in [0.1, 0.15) is 54.1 Å². The van der Waals surface area contributed by atoms with E-state index < -0.39 is 17.8 Å². The largest absolute Gasteiger partial charge is 0.489 e. The zero-order valence-electron chi connectivity index (χ0n) is 27.3. The van der Waals surface area contributed by atoms with E-state index in [1.807, 2.05) is 91.0 Å². The molecule has 0 bridgehead atoms. The summed E-state index contributed by atoms with van der Waals surface area (Å²) < 4.78 is 37.0. The van der Waals surface area contributed by atoms with Crippen molar-refractivity contribution in [3.05, 3.63) is 166 Å². The zero-order valence-corrected chi connectivity index (χ0v) is 27.3. The molecule has 2 heterocycles. The third-order valence-electron chi connectivity index (χ3n) is 8.13. The molecule has 2 atom stereocenters. The summed E-state index contributed by atoms with van der Waals surface area (Å²) in [6.07, 6.45) is 1.13. The van der Waals surface area contributed by atoms with Gasteiger partial charge in [-0.05, 0) is 60.0 Å². The molecule has 8 nitrogen and oxygen atoms in total. The quantitative estimate of drug-likeness (QED) is 0.129. The van der Waals surface area contributed by atoms with E-state index in [1.165, 1.54) is 12.2 Å². The van der Waals surface area contributed by atoms with Gasteiger partial charge in [-0.25, -0.2) is 0 Å². The molecular weight excluding hydrogens is 632 g/mol. The molecule has 0 spiro atoms. The smallest absolute Gasteiger partial charge is 0.239 e. The van der Waals surface area contributed by atoms with E-state index >= 15 is 0 Å². The number of carbonyl (C=O) groups is 1. The maximum atomic E-state index is 14.5. The summed E-state index contributed by atoms with van der Waals surface area (Å²) >= 11 is 0. The number of fused-ring (bicyclic) bond motifs is 1. The van der Waals surface area contributed by atoms with Crippen molar-refractivity contribution in [3.8, 4) is 34.3 Å². The van der Waals surface area contributed by atoms with Gasteiger partial charge in [0.2, 0.25) is 17.5 Å². The number of ketones is 1. The molecule has 0 N–H and O–H groups in total. The van der Waals surface area contributed by atoms with Crippen LogP contribution in [0, 0.1) is 0 Å². The standard InChI is InChI=1S/C42H34O8/c1-28-35(43)21-22-38(48-28)50-42-40(44)39-36(47-27-31-15-9-4-10-16-31)23-34(46-26-30-13-7-3-8-14-30)24-37(39)49-41(42)32-17-19-33(20-18-32)45-25-29-11-5-2-6-12-29/h2-24,28,38H,25-27H2,1H3/t28?,38-/m0/s1. The van der Waals surface area contributed by atoms with Crippen molar-refractivity contribution in [2.45, 2.75) is 39.1 Å². The first kappa shape index (κ1) is 32.4. The fraction of sp³-hybridized carbons (Fsp3) is 0.143. The Bertz CT molecular complexity index is 2160. The highest BCUT2D eigenvalue weighted by atomic mass is 16.7. The first-order chi connectivity index (χ1) is 24.5. The van der Waals surface area contributed by atoms with Gasteiger partial charge in [-0.1, -0.05) is 91.0 Å². The Labute approximate surface area is 289 Å². The monoisotopic (exact) mass is 666 g/mol. The lowest BCUT2D eigenvalue weighted by atomic mass is 10.1. The summed E-state index contributed by atoms with van der Waals surface area (Å²) in [6, 6.07) is 39.9. The maximum absolute atomic E-state index is 14.5. The van der Waals surface area contributed by atoms with Crippen LogP contribution in [0.1, 0.15) is 23.6 Å². The summed E-state index contributed by atoms with van der Waals surface area (Å²) in [5, 5.41) is 0.179. The van der Waals surface area contributed by atoms with Crippen LogP contribution in [-0.4, -0.2) is 18.2 Å². The topological polar surface area (TPSA) is 93.4 Å². The Balaban J connectivity index is 1.30. The molecule has 0 fully saturated rings. The van der Waals surface area contributed by atoms with E-state index in [0.717, 1.165) is 16.7 Å². The van der Waals surface area contributed by atoms with Crippen molar-refractivity contribution in [3.63, 3.8) is 0 Å². The molecule has 0 radical (unpaired) electrons. The molecule has 0 saturated heterocycles. The van der Waals surface area contributed by atoms with Crippen LogP contribution < -0.4 is 24.4 Å². The van der Waals surface area contributed by atoms with Gasteiger partial charge in [0, 0.05) is 17.7 Å². The first-order valence-corrected chi connectivity index (χ1v) is 16.3. The molecule has 0 saturated carbocycles. The summed E-state index contributed by atoms with van der Waals surface area (Å²) in [6.45, 7) is 2.54. The second-order valence-corrected chi connectivity index (χ2v) is 11.8. The highest BCUT2D eigenvalue weighted by Gasteiger charge is 2.28. The first-order valence-electron chi connectivity index (χ1n) is 16.3. The molecule has 8 heteroatoms.